The molecule has 0 unspecified atom stereocenters. The largest absolute Gasteiger partial charge is 0.411 e. The van der Waals surface area contributed by atoms with Gasteiger partial charge >= 0.3 is 6.03 Å². The van der Waals surface area contributed by atoms with Gasteiger partial charge in [0.25, 0.3) is 0 Å². The number of rotatable bonds is 17. The normalized spacial score (nSPS) is 17.6. The number of nitrogens with one attached hydrogen (secondary N) is 1. The number of oxime groups is 1. The van der Waals surface area contributed by atoms with Gasteiger partial charge in [0, 0.05) is 44.3 Å². The van der Waals surface area contributed by atoms with E-state index in [1.165, 1.54) is 22.7 Å². The third-order valence-corrected chi connectivity index (χ3v) is 12.9. The predicted molar refractivity (Wildman–Crippen MR) is 212 cm³/mol. The summed E-state index contributed by atoms with van der Waals surface area (Å²) in [5, 5.41) is 28.1. The minimum Gasteiger partial charge on any atom is -0.411 e. The van der Waals surface area contributed by atoms with E-state index in [0.29, 0.717) is 31.6 Å². The molecule has 3 N–H and O–H groups in total. The first-order valence-electron chi connectivity index (χ1n) is 19.3. The van der Waals surface area contributed by atoms with Crippen molar-refractivity contribution in [2.24, 2.45) is 17.0 Å². The summed E-state index contributed by atoms with van der Waals surface area (Å²) in [7, 11) is -4.06. The minimum atomic E-state index is -4.06. The number of aromatic nitrogens is 1. The van der Waals surface area contributed by atoms with E-state index >= 15 is 0 Å². The number of pyridine rings is 1. The van der Waals surface area contributed by atoms with Crippen LogP contribution >= 0.6 is 0 Å². The van der Waals surface area contributed by atoms with Crippen molar-refractivity contribution >= 4 is 39.1 Å². The predicted octanol–water partition coefficient (Wildman–Crippen LogP) is 5.66. The van der Waals surface area contributed by atoms with Crippen LogP contribution in [0.1, 0.15) is 62.6 Å². The molecule has 0 radical (unpaired) electrons. The van der Waals surface area contributed by atoms with Crippen molar-refractivity contribution < 1.29 is 28.3 Å². The van der Waals surface area contributed by atoms with Crippen LogP contribution in [0, 0.1) is 11.8 Å². The van der Waals surface area contributed by atoms with Crippen molar-refractivity contribution in [2.45, 2.75) is 82.0 Å². The molecule has 12 nitrogen and oxygen atoms in total. The van der Waals surface area contributed by atoms with Gasteiger partial charge in [0.2, 0.25) is 15.9 Å². The zero-order valence-corrected chi connectivity index (χ0v) is 32.4. The van der Waals surface area contributed by atoms with Crippen molar-refractivity contribution in [1.29, 1.82) is 0 Å². The molecule has 2 heterocycles. The van der Waals surface area contributed by atoms with Gasteiger partial charge in [0.05, 0.1) is 28.8 Å². The Morgan fingerprint density at radius 3 is 2.47 bits per heavy atom. The van der Waals surface area contributed by atoms with Gasteiger partial charge in [-0.15, -0.1) is 0 Å². The molecule has 55 heavy (non-hydrogen) atoms. The number of aliphatic hydroxyl groups excluding tert-OH is 1. The number of urea groups is 1. The van der Waals surface area contributed by atoms with E-state index in [2.05, 4.69) is 15.5 Å². The van der Waals surface area contributed by atoms with E-state index in [9.17, 15) is 23.1 Å². The van der Waals surface area contributed by atoms with E-state index in [0.717, 1.165) is 47.7 Å². The highest BCUT2D eigenvalue weighted by Gasteiger charge is 2.41. The van der Waals surface area contributed by atoms with E-state index in [1.807, 2.05) is 74.5 Å². The fourth-order valence-electron chi connectivity index (χ4n) is 7.82. The number of amides is 3. The summed E-state index contributed by atoms with van der Waals surface area (Å²) in [4.78, 5) is 36.3. The summed E-state index contributed by atoms with van der Waals surface area (Å²) < 4.78 is 29.7. The van der Waals surface area contributed by atoms with Crippen molar-refractivity contribution in [3.8, 4) is 0 Å². The molecule has 3 amide bonds. The molecule has 292 valence electrons. The zero-order valence-electron chi connectivity index (χ0n) is 31.6. The summed E-state index contributed by atoms with van der Waals surface area (Å²) in [6.07, 6.45) is 6.41. The van der Waals surface area contributed by atoms with Gasteiger partial charge in [-0.3, -0.25) is 9.78 Å². The van der Waals surface area contributed by atoms with Gasteiger partial charge in [0.15, 0.2) is 0 Å². The molecule has 2 fully saturated rings. The van der Waals surface area contributed by atoms with Crippen LogP contribution in [0.4, 0.5) is 4.79 Å². The van der Waals surface area contributed by atoms with E-state index in [1.54, 1.807) is 28.1 Å². The average Bonchev–Trinajstić information content (AvgIpc) is 3.84. The monoisotopic (exact) mass is 768 g/mol. The third kappa shape index (κ3) is 9.70. The first kappa shape index (κ1) is 39.8. The van der Waals surface area contributed by atoms with Crippen LogP contribution in [0.25, 0.3) is 10.9 Å². The lowest BCUT2D eigenvalue weighted by molar-refractivity contribution is -0.128. The molecule has 4 aromatic rings. The highest BCUT2D eigenvalue weighted by atomic mass is 32.2. The van der Waals surface area contributed by atoms with E-state index in [-0.39, 0.29) is 48.2 Å². The molecule has 3 aromatic carbocycles. The summed E-state index contributed by atoms with van der Waals surface area (Å²) in [5.41, 5.74) is 3.20. The topological polar surface area (TPSA) is 156 Å². The summed E-state index contributed by atoms with van der Waals surface area (Å²) in [5.74, 6) is -0.429. The Morgan fingerprint density at radius 1 is 1.02 bits per heavy atom. The second-order valence-corrected chi connectivity index (χ2v) is 16.9. The zero-order chi connectivity index (χ0) is 39.0. The van der Waals surface area contributed by atoms with Gasteiger partial charge < -0.3 is 25.4 Å². The molecule has 4 atom stereocenters. The van der Waals surface area contributed by atoms with Crippen LogP contribution in [0.2, 0.25) is 0 Å². The number of aliphatic hydroxyl groups is 1. The van der Waals surface area contributed by atoms with Gasteiger partial charge in [-0.2, -0.15) is 4.31 Å². The van der Waals surface area contributed by atoms with Crippen LogP contribution in [-0.2, 0) is 27.8 Å². The molecule has 1 saturated carbocycles. The summed E-state index contributed by atoms with van der Waals surface area (Å²) in [6, 6.07) is 23.5. The van der Waals surface area contributed by atoms with Crippen LogP contribution in [0.15, 0.2) is 101 Å². The fraction of sp³-hybridized carbons (Fsp3) is 0.429. The molecular weight excluding hydrogens is 717 g/mol. The van der Waals surface area contributed by atoms with Gasteiger partial charge in [-0.25, -0.2) is 13.2 Å². The van der Waals surface area contributed by atoms with Crippen molar-refractivity contribution in [2.75, 3.05) is 26.2 Å². The molecule has 0 bridgehead atoms. The molecule has 1 saturated heterocycles. The lowest BCUT2D eigenvalue weighted by atomic mass is 9.95. The Kier molecular flexibility index (Phi) is 13.2. The second kappa shape index (κ2) is 18.2. The number of carbonyl (C=O) groups is 2. The summed E-state index contributed by atoms with van der Waals surface area (Å²) >= 11 is 0. The molecule has 1 aliphatic heterocycles. The lowest BCUT2D eigenvalue weighted by Crippen LogP contribution is -2.57. The summed E-state index contributed by atoms with van der Waals surface area (Å²) in [6.45, 7) is 5.15. The van der Waals surface area contributed by atoms with Crippen LogP contribution in [0.5, 0.6) is 0 Å². The van der Waals surface area contributed by atoms with Crippen LogP contribution in [0.3, 0.4) is 0 Å². The molecule has 6 rings (SSSR count). The standard InChI is InChI=1S/C42H52N6O6S/c1-3-30(2)40(48-23-22-46(42(48)51)27-34-15-18-35-14-9-21-43-37(35)25-34)41(50)45-38(24-31-10-5-4-6-11-31)39(49)29-47(28-33-12-7-8-13-33)55(53,54)36-19-16-32(17-20-36)26-44-52/h4-6,9-11,14-21,25-26,30,33,38-40,49,52H,3,7-8,12-13,22-24,27-29H2,1-2H3,(H,45,50)/t30-,38-,39-,40-/m0/s1. The minimum absolute atomic E-state index is 0.0605. The molecule has 1 aromatic heterocycles. The fourth-order valence-corrected chi connectivity index (χ4v) is 9.35. The molecule has 13 heteroatoms. The second-order valence-electron chi connectivity index (χ2n) is 14.9. The maximum atomic E-state index is 14.5. The number of hydrogen-bond acceptors (Lipinski definition) is 8. The van der Waals surface area contributed by atoms with Gasteiger partial charge in [-0.05, 0) is 72.1 Å². The van der Waals surface area contributed by atoms with Crippen molar-refractivity contribution in [3.05, 3.63) is 108 Å². The number of sulfonamides is 1. The number of hydrogen-bond donors (Lipinski definition) is 3. The Bertz CT molecular complexity index is 2040. The molecular formula is C42H52N6O6S. The van der Waals surface area contributed by atoms with Gasteiger partial charge in [-0.1, -0.05) is 98.9 Å². The van der Waals surface area contributed by atoms with Crippen molar-refractivity contribution in [3.63, 3.8) is 0 Å². The maximum Gasteiger partial charge on any atom is 0.321 e. The first-order valence-corrected chi connectivity index (χ1v) is 20.7. The number of carbonyl (C=O) groups excluding carboxylic acids is 2. The maximum absolute atomic E-state index is 14.5. The SMILES string of the molecule is CC[C@H](C)[C@@H](C(=O)N[C@@H](Cc1ccccc1)[C@@H](O)CN(CC1CCCC1)S(=O)(=O)c1ccc(C=NO)cc1)N1CCN(Cc2ccc3cccnc3c2)C1=O. The third-order valence-electron chi connectivity index (χ3n) is 11.1. The smallest absolute Gasteiger partial charge is 0.321 e. The number of fused-ring (bicyclic) bond motifs is 1. The van der Waals surface area contributed by atoms with Crippen molar-refractivity contribution in [1.82, 2.24) is 24.4 Å². The highest BCUT2D eigenvalue weighted by molar-refractivity contribution is 7.89. The molecule has 2 aliphatic rings. The van der Waals surface area contributed by atoms with Gasteiger partial charge in [0.1, 0.15) is 6.04 Å². The first-order chi connectivity index (χ1) is 26.6. The number of nitrogens with zero attached hydrogens (tertiary/aromatic N) is 5. The molecule has 1 aliphatic carbocycles. The average molecular weight is 769 g/mol. The Hall–Kier alpha value is -4.85. The van der Waals surface area contributed by atoms with E-state index < -0.39 is 28.2 Å². The Labute approximate surface area is 323 Å². The number of benzene rings is 3. The quantitative estimate of drug-likeness (QED) is 0.0711. The van der Waals surface area contributed by atoms with Crippen LogP contribution in [-0.4, -0.2) is 100 Å². The Morgan fingerprint density at radius 2 is 1.76 bits per heavy atom. The van der Waals surface area contributed by atoms with Crippen LogP contribution < -0.4 is 5.32 Å². The molecule has 0 spiro atoms. The lowest BCUT2D eigenvalue weighted by Gasteiger charge is -2.35. The van der Waals surface area contributed by atoms with E-state index in [4.69, 9.17) is 5.21 Å². The highest BCUT2D eigenvalue weighted by Crippen LogP contribution is 2.29. The Balaban J connectivity index is 1.23.